The van der Waals surface area contributed by atoms with Crippen LogP contribution in [0.2, 0.25) is 0 Å². The van der Waals surface area contributed by atoms with Crippen LogP contribution in [0.1, 0.15) is 83.1 Å². The lowest BCUT2D eigenvalue weighted by Gasteiger charge is -2.15. The maximum Gasteiger partial charge on any atom is 0.251 e. The maximum absolute atomic E-state index is 12.6. The molecule has 0 atom stereocenters. The molecule has 3 N–H and O–H groups in total. The molecule has 0 fully saturated rings. The average molecular weight is 471 g/mol. The number of nitrogens with two attached hydrogens (primary N) is 1. The van der Waals surface area contributed by atoms with Gasteiger partial charge in [-0.05, 0) is 43.5 Å². The minimum Gasteiger partial charge on any atom is -0.352 e. The first kappa shape index (κ1) is 28.9. The highest BCUT2D eigenvalue weighted by Gasteiger charge is 2.18. The zero-order chi connectivity index (χ0) is 24.6. The second kappa shape index (κ2) is 16.5. The molecule has 6 heteroatoms. The Morgan fingerprint density at radius 1 is 1.00 bits per heavy atom. The molecule has 33 heavy (non-hydrogen) atoms. The number of rotatable bonds is 9. The molecule has 1 aliphatic rings. The molecule has 0 unspecified atom stereocenters. The molecule has 3 rings (SSSR count). The molecule has 2 aromatic rings. The van der Waals surface area contributed by atoms with Crippen molar-refractivity contribution < 1.29 is 4.79 Å². The highest BCUT2D eigenvalue weighted by Crippen LogP contribution is 2.41. The van der Waals surface area contributed by atoms with E-state index in [4.69, 9.17) is 10.8 Å². The molecule has 0 saturated heterocycles. The van der Waals surface area contributed by atoms with E-state index < -0.39 is 0 Å². The molecule has 182 valence electrons. The van der Waals surface area contributed by atoms with Crippen molar-refractivity contribution >= 4 is 29.1 Å². The van der Waals surface area contributed by atoms with E-state index >= 15 is 0 Å². The first-order valence-electron chi connectivity index (χ1n) is 12.4. The Kier molecular flexibility index (Phi) is 14.4. The summed E-state index contributed by atoms with van der Waals surface area (Å²) in [7, 11) is 0. The van der Waals surface area contributed by atoms with Crippen LogP contribution in [0.5, 0.6) is 0 Å². The molecule has 1 heterocycles. The van der Waals surface area contributed by atoms with E-state index in [0.29, 0.717) is 12.1 Å². The Labute approximate surface area is 205 Å². The second-order valence-electron chi connectivity index (χ2n) is 7.23. The summed E-state index contributed by atoms with van der Waals surface area (Å²) in [6.07, 6.45) is 3.81. The van der Waals surface area contributed by atoms with Crippen LogP contribution < -0.4 is 11.2 Å². The minimum atomic E-state index is -0.0640. The molecule has 2 aromatic carbocycles. The van der Waals surface area contributed by atoms with Crippen molar-refractivity contribution in [1.82, 2.24) is 10.3 Å². The van der Waals surface area contributed by atoms with Crippen molar-refractivity contribution in [2.45, 2.75) is 77.0 Å². The lowest BCUT2D eigenvalue weighted by molar-refractivity contribution is 0.0951. The van der Waals surface area contributed by atoms with Crippen molar-refractivity contribution in [2.24, 2.45) is 10.8 Å². The number of carbonyl (C=O) groups is 1. The number of hydrazine groups is 1. The number of carbonyl (C=O) groups excluding carboxylic acids is 1. The molecule has 0 aromatic heterocycles. The Hall–Kier alpha value is -2.15. The highest BCUT2D eigenvalue weighted by molar-refractivity contribution is 7.99. The Morgan fingerprint density at radius 3 is 2.42 bits per heavy atom. The van der Waals surface area contributed by atoms with E-state index in [1.54, 1.807) is 16.8 Å². The fraction of sp³-hybridized carbons (Fsp3) is 0.481. The van der Waals surface area contributed by atoms with Crippen molar-refractivity contribution in [3.05, 3.63) is 53.6 Å². The van der Waals surface area contributed by atoms with Crippen LogP contribution in [0.3, 0.4) is 0 Å². The minimum absolute atomic E-state index is 0.0640. The standard InChI is InChI=1S/C23H30N4OS.2C2H6/c1-3-8-19-18-9-5-6-10-21(18)29-22-12-11-17(16-20(22)26-19)23(28)25-13-7-15-27(24)14-4-2;2*1-2/h5-6,9-12,16H,3-4,7-8,13-15,24H2,1-2H3,(H,25,28);2*1-2H3. The molecule has 0 spiro atoms. The van der Waals surface area contributed by atoms with Crippen LogP contribution in [0.15, 0.2) is 57.2 Å². The zero-order valence-corrected chi connectivity index (χ0v) is 22.1. The zero-order valence-electron chi connectivity index (χ0n) is 21.3. The van der Waals surface area contributed by atoms with Gasteiger partial charge in [0.2, 0.25) is 0 Å². The van der Waals surface area contributed by atoms with E-state index in [-0.39, 0.29) is 5.91 Å². The van der Waals surface area contributed by atoms with Gasteiger partial charge in [0.05, 0.1) is 5.69 Å². The first-order valence-corrected chi connectivity index (χ1v) is 13.2. The van der Waals surface area contributed by atoms with Gasteiger partial charge in [-0.1, -0.05) is 77.9 Å². The van der Waals surface area contributed by atoms with Gasteiger partial charge in [0.15, 0.2) is 0 Å². The third-order valence-corrected chi connectivity index (χ3v) is 5.94. The average Bonchev–Trinajstić information content (AvgIpc) is 3.00. The number of nitrogens with one attached hydrogen (secondary N) is 1. The van der Waals surface area contributed by atoms with Gasteiger partial charge in [-0.15, -0.1) is 0 Å². The van der Waals surface area contributed by atoms with E-state index in [9.17, 15) is 4.79 Å². The molecular weight excluding hydrogens is 428 g/mol. The summed E-state index contributed by atoms with van der Waals surface area (Å²) in [6.45, 7) is 14.5. The number of fused-ring (bicyclic) bond motifs is 2. The van der Waals surface area contributed by atoms with Gasteiger partial charge in [0, 0.05) is 46.3 Å². The van der Waals surface area contributed by atoms with Crippen LogP contribution in [-0.2, 0) is 0 Å². The summed E-state index contributed by atoms with van der Waals surface area (Å²) in [5, 5.41) is 4.79. The number of hydrogen-bond donors (Lipinski definition) is 2. The van der Waals surface area contributed by atoms with Gasteiger partial charge in [0.1, 0.15) is 0 Å². The Balaban J connectivity index is 0.00000129. The summed E-state index contributed by atoms with van der Waals surface area (Å²) in [5.41, 5.74) is 3.80. The quantitative estimate of drug-likeness (QED) is 0.239. The van der Waals surface area contributed by atoms with Gasteiger partial charge in [0.25, 0.3) is 5.91 Å². The van der Waals surface area contributed by atoms with Crippen molar-refractivity contribution in [2.75, 3.05) is 19.6 Å². The van der Waals surface area contributed by atoms with Crippen molar-refractivity contribution in [3.8, 4) is 0 Å². The largest absolute Gasteiger partial charge is 0.352 e. The summed E-state index contributed by atoms with van der Waals surface area (Å²) in [4.78, 5) is 19.8. The predicted molar refractivity (Wildman–Crippen MR) is 144 cm³/mol. The predicted octanol–water partition coefficient (Wildman–Crippen LogP) is 6.83. The molecule has 0 saturated carbocycles. The number of benzene rings is 2. The van der Waals surface area contributed by atoms with Crippen LogP contribution >= 0.6 is 11.8 Å². The van der Waals surface area contributed by atoms with Crippen molar-refractivity contribution in [3.63, 3.8) is 0 Å². The smallest absolute Gasteiger partial charge is 0.251 e. The summed E-state index contributed by atoms with van der Waals surface area (Å²) in [5.74, 6) is 5.82. The molecule has 0 radical (unpaired) electrons. The maximum atomic E-state index is 12.6. The lowest BCUT2D eigenvalue weighted by atomic mass is 10.1. The normalized spacial score (nSPS) is 11.6. The molecule has 1 amide bonds. The highest BCUT2D eigenvalue weighted by atomic mass is 32.2. The van der Waals surface area contributed by atoms with E-state index in [1.807, 2.05) is 45.9 Å². The van der Waals surface area contributed by atoms with Crippen molar-refractivity contribution in [1.29, 1.82) is 0 Å². The van der Waals surface area contributed by atoms with Gasteiger partial charge < -0.3 is 5.32 Å². The molecule has 0 aliphatic carbocycles. The fourth-order valence-corrected chi connectivity index (χ4v) is 4.39. The molecule has 1 aliphatic heterocycles. The van der Waals surface area contributed by atoms with E-state index in [0.717, 1.165) is 55.1 Å². The van der Waals surface area contributed by atoms with Gasteiger partial charge >= 0.3 is 0 Å². The van der Waals surface area contributed by atoms with Gasteiger partial charge in [-0.25, -0.2) is 5.01 Å². The lowest BCUT2D eigenvalue weighted by Crippen LogP contribution is -2.35. The fourth-order valence-electron chi connectivity index (χ4n) is 3.36. The third-order valence-electron chi connectivity index (χ3n) is 4.80. The van der Waals surface area contributed by atoms with Gasteiger partial charge in [-0.2, -0.15) is 0 Å². The first-order chi connectivity index (χ1) is 16.1. The SMILES string of the molecule is CC.CC.CCCC1=Nc2cc(C(=O)NCCCN(N)CCC)ccc2Sc2ccccc21. The molecule has 0 bridgehead atoms. The molecular formula is C27H42N4OS. The summed E-state index contributed by atoms with van der Waals surface area (Å²) >= 11 is 1.72. The van der Waals surface area contributed by atoms with Crippen LogP contribution in [-0.4, -0.2) is 36.3 Å². The topological polar surface area (TPSA) is 70.7 Å². The Morgan fingerprint density at radius 2 is 1.73 bits per heavy atom. The van der Waals surface area contributed by atoms with Crippen LogP contribution in [0, 0.1) is 0 Å². The van der Waals surface area contributed by atoms with E-state index in [2.05, 4.69) is 43.4 Å². The Bertz CT molecular complexity index is 882. The summed E-state index contributed by atoms with van der Waals surface area (Å²) < 4.78 is 0. The molecule has 5 nitrogen and oxygen atoms in total. The number of hydrogen-bond acceptors (Lipinski definition) is 5. The van der Waals surface area contributed by atoms with Crippen LogP contribution in [0.4, 0.5) is 5.69 Å². The monoisotopic (exact) mass is 470 g/mol. The third kappa shape index (κ3) is 8.95. The van der Waals surface area contributed by atoms with Crippen LogP contribution in [0.25, 0.3) is 0 Å². The number of nitrogens with zero attached hydrogens (tertiary/aromatic N) is 2. The van der Waals surface area contributed by atoms with E-state index in [1.165, 1.54) is 10.5 Å². The summed E-state index contributed by atoms with van der Waals surface area (Å²) in [6, 6.07) is 14.2. The van der Waals surface area contributed by atoms with Gasteiger partial charge in [-0.3, -0.25) is 15.6 Å². The second-order valence-corrected chi connectivity index (χ2v) is 8.32. The number of aliphatic imine (C=N–C) groups is 1. The number of amides is 1.